The zero-order valence-corrected chi connectivity index (χ0v) is 19.2. The Hall–Kier alpha value is -1.18. The van der Waals surface area contributed by atoms with Crippen molar-refractivity contribution in [2.75, 3.05) is 84.4 Å². The van der Waals surface area contributed by atoms with Crippen LogP contribution in [-0.4, -0.2) is 94.2 Å². The number of benzene rings is 1. The SMILES string of the molecule is CCN(CC)CCCN(C)c1ccc(C(N)NCCCN2CCN(C)CC2)cc1. The van der Waals surface area contributed by atoms with Crippen molar-refractivity contribution in [1.29, 1.82) is 0 Å². The normalized spacial score (nSPS) is 17.0. The van der Waals surface area contributed by atoms with Crippen molar-refractivity contribution < 1.29 is 0 Å². The van der Waals surface area contributed by atoms with E-state index in [4.69, 9.17) is 5.73 Å². The highest BCUT2D eigenvalue weighted by Gasteiger charge is 2.13. The van der Waals surface area contributed by atoms with Gasteiger partial charge in [0.05, 0.1) is 6.17 Å². The predicted molar refractivity (Wildman–Crippen MR) is 126 cm³/mol. The first-order chi connectivity index (χ1) is 14.0. The Morgan fingerprint density at radius 3 is 2.28 bits per heavy atom. The van der Waals surface area contributed by atoms with Gasteiger partial charge in [0.15, 0.2) is 0 Å². The predicted octanol–water partition coefficient (Wildman–Crippen LogP) is 2.04. The lowest BCUT2D eigenvalue weighted by atomic mass is 10.1. The summed E-state index contributed by atoms with van der Waals surface area (Å²) < 4.78 is 0. The molecule has 3 N–H and O–H groups in total. The number of rotatable bonds is 13. The second-order valence-electron chi connectivity index (χ2n) is 8.32. The van der Waals surface area contributed by atoms with Crippen LogP contribution in [0.3, 0.4) is 0 Å². The van der Waals surface area contributed by atoms with Crippen LogP contribution in [0.1, 0.15) is 38.4 Å². The first-order valence-corrected chi connectivity index (χ1v) is 11.5. The number of likely N-dealkylation sites (N-methyl/N-ethyl adjacent to an activating group) is 1. The molecule has 1 aromatic carbocycles. The molecule has 0 aromatic heterocycles. The summed E-state index contributed by atoms with van der Waals surface area (Å²) in [6.07, 6.45) is 2.24. The second kappa shape index (κ2) is 13.2. The first kappa shape index (κ1) is 24.1. The van der Waals surface area contributed by atoms with Gasteiger partial charge in [0.25, 0.3) is 0 Å². The summed E-state index contributed by atoms with van der Waals surface area (Å²) in [5.41, 5.74) is 8.77. The highest BCUT2D eigenvalue weighted by Crippen LogP contribution is 2.17. The first-order valence-electron chi connectivity index (χ1n) is 11.5. The van der Waals surface area contributed by atoms with Crippen LogP contribution in [0.5, 0.6) is 0 Å². The van der Waals surface area contributed by atoms with Gasteiger partial charge in [-0.15, -0.1) is 0 Å². The van der Waals surface area contributed by atoms with E-state index >= 15 is 0 Å². The van der Waals surface area contributed by atoms with Gasteiger partial charge in [-0.05, 0) is 70.3 Å². The smallest absolute Gasteiger partial charge is 0.0810 e. The Morgan fingerprint density at radius 1 is 1.00 bits per heavy atom. The third-order valence-corrected chi connectivity index (χ3v) is 6.17. The maximum atomic E-state index is 6.35. The lowest BCUT2D eigenvalue weighted by Gasteiger charge is -2.32. The maximum absolute atomic E-state index is 6.35. The van der Waals surface area contributed by atoms with Gasteiger partial charge in [0, 0.05) is 45.5 Å². The van der Waals surface area contributed by atoms with E-state index in [1.54, 1.807) is 0 Å². The zero-order valence-electron chi connectivity index (χ0n) is 19.2. The summed E-state index contributed by atoms with van der Waals surface area (Å²) in [5, 5.41) is 3.48. The van der Waals surface area contributed by atoms with Crippen molar-refractivity contribution in [3.8, 4) is 0 Å². The van der Waals surface area contributed by atoms with E-state index in [0.29, 0.717) is 0 Å². The van der Waals surface area contributed by atoms with Gasteiger partial charge in [-0.2, -0.15) is 0 Å². The van der Waals surface area contributed by atoms with E-state index in [2.05, 4.69) is 77.1 Å². The van der Waals surface area contributed by atoms with Crippen molar-refractivity contribution in [2.45, 2.75) is 32.9 Å². The average Bonchev–Trinajstić information content (AvgIpc) is 2.75. The van der Waals surface area contributed by atoms with Crippen molar-refractivity contribution in [1.82, 2.24) is 20.0 Å². The molecule has 0 spiro atoms. The van der Waals surface area contributed by atoms with Gasteiger partial charge >= 0.3 is 0 Å². The molecule has 0 amide bonds. The number of hydrogen-bond acceptors (Lipinski definition) is 6. The third-order valence-electron chi connectivity index (χ3n) is 6.17. The maximum Gasteiger partial charge on any atom is 0.0810 e. The molecule has 1 atom stereocenters. The number of nitrogens with one attached hydrogen (secondary N) is 1. The molecular weight excluding hydrogens is 360 g/mol. The van der Waals surface area contributed by atoms with Gasteiger partial charge in [-0.3, -0.25) is 5.32 Å². The zero-order chi connectivity index (χ0) is 21.1. The van der Waals surface area contributed by atoms with Crippen LogP contribution in [0, 0.1) is 0 Å². The molecule has 1 aliphatic heterocycles. The van der Waals surface area contributed by atoms with Gasteiger partial charge in [-0.25, -0.2) is 0 Å². The van der Waals surface area contributed by atoms with Crippen LogP contribution >= 0.6 is 0 Å². The summed E-state index contributed by atoms with van der Waals surface area (Å²) in [5.74, 6) is 0. The molecule has 1 saturated heterocycles. The average molecular weight is 405 g/mol. The molecule has 6 nitrogen and oxygen atoms in total. The molecule has 2 rings (SSSR count). The minimum Gasteiger partial charge on any atom is -0.375 e. The molecule has 6 heteroatoms. The Morgan fingerprint density at radius 2 is 1.66 bits per heavy atom. The summed E-state index contributed by atoms with van der Waals surface area (Å²) in [7, 11) is 4.38. The molecule has 1 aliphatic rings. The van der Waals surface area contributed by atoms with Gasteiger partial charge < -0.3 is 25.3 Å². The Balaban J connectivity index is 1.66. The monoisotopic (exact) mass is 404 g/mol. The van der Waals surface area contributed by atoms with Gasteiger partial charge in [0.1, 0.15) is 0 Å². The summed E-state index contributed by atoms with van der Waals surface area (Å²) in [6.45, 7) is 15.8. The van der Waals surface area contributed by atoms with Crippen LogP contribution in [0.2, 0.25) is 0 Å². The largest absolute Gasteiger partial charge is 0.375 e. The Bertz CT molecular complexity index is 537. The van der Waals surface area contributed by atoms with Gasteiger partial charge in [-0.1, -0.05) is 26.0 Å². The van der Waals surface area contributed by atoms with E-state index in [1.807, 2.05) is 0 Å². The minimum atomic E-state index is -0.0930. The molecule has 29 heavy (non-hydrogen) atoms. The van der Waals surface area contributed by atoms with Crippen LogP contribution in [0.4, 0.5) is 5.69 Å². The van der Waals surface area contributed by atoms with E-state index in [0.717, 1.165) is 44.7 Å². The minimum absolute atomic E-state index is 0.0930. The lowest BCUT2D eigenvalue weighted by Crippen LogP contribution is -2.45. The molecule has 0 radical (unpaired) electrons. The molecule has 0 bridgehead atoms. The van der Waals surface area contributed by atoms with Gasteiger partial charge in [0.2, 0.25) is 0 Å². The number of nitrogens with zero attached hydrogens (tertiary/aromatic N) is 4. The molecular formula is C23H44N6. The van der Waals surface area contributed by atoms with E-state index in [1.165, 1.54) is 44.8 Å². The van der Waals surface area contributed by atoms with Crippen LogP contribution in [0.25, 0.3) is 0 Å². The van der Waals surface area contributed by atoms with Crippen molar-refractivity contribution >= 4 is 5.69 Å². The number of nitrogens with two attached hydrogens (primary N) is 1. The number of anilines is 1. The second-order valence-corrected chi connectivity index (χ2v) is 8.32. The third kappa shape index (κ3) is 8.60. The van der Waals surface area contributed by atoms with E-state index in [9.17, 15) is 0 Å². The van der Waals surface area contributed by atoms with Crippen LogP contribution < -0.4 is 16.0 Å². The molecule has 0 saturated carbocycles. The molecule has 1 aromatic rings. The fraction of sp³-hybridized carbons (Fsp3) is 0.739. The number of piperazine rings is 1. The highest BCUT2D eigenvalue weighted by atomic mass is 15.2. The highest BCUT2D eigenvalue weighted by molar-refractivity contribution is 5.47. The quantitative estimate of drug-likeness (QED) is 0.388. The van der Waals surface area contributed by atoms with Crippen LogP contribution in [-0.2, 0) is 0 Å². The fourth-order valence-electron chi connectivity index (χ4n) is 3.89. The van der Waals surface area contributed by atoms with E-state index in [-0.39, 0.29) is 6.17 Å². The molecule has 0 aliphatic carbocycles. The standard InChI is InChI=1S/C23H44N6/c1-5-28(6-2)16-8-14-27(4)22-11-9-21(10-12-22)23(24)25-13-7-15-29-19-17-26(3)18-20-29/h9-12,23,25H,5-8,13-20,24H2,1-4H3. The van der Waals surface area contributed by atoms with Crippen LogP contribution in [0.15, 0.2) is 24.3 Å². The summed E-state index contributed by atoms with van der Waals surface area (Å²) in [6, 6.07) is 8.71. The summed E-state index contributed by atoms with van der Waals surface area (Å²) in [4.78, 5) is 9.77. The Labute approximate surface area is 179 Å². The number of hydrogen-bond donors (Lipinski definition) is 2. The molecule has 166 valence electrons. The molecule has 1 heterocycles. The van der Waals surface area contributed by atoms with Crippen molar-refractivity contribution in [2.24, 2.45) is 5.73 Å². The lowest BCUT2D eigenvalue weighted by molar-refractivity contribution is 0.152. The van der Waals surface area contributed by atoms with Crippen molar-refractivity contribution in [3.63, 3.8) is 0 Å². The molecule has 1 fully saturated rings. The molecule has 1 unspecified atom stereocenters. The topological polar surface area (TPSA) is 51.0 Å². The summed E-state index contributed by atoms with van der Waals surface area (Å²) >= 11 is 0. The van der Waals surface area contributed by atoms with E-state index < -0.39 is 0 Å². The Kier molecular flexibility index (Phi) is 11.0. The van der Waals surface area contributed by atoms with Crippen molar-refractivity contribution in [3.05, 3.63) is 29.8 Å². The fourth-order valence-corrected chi connectivity index (χ4v) is 3.89.